The molecule has 1 aromatic carbocycles. The minimum absolute atomic E-state index is 0.0494. The van der Waals surface area contributed by atoms with Gasteiger partial charge in [0, 0.05) is 5.39 Å². The zero-order chi connectivity index (χ0) is 11.0. The number of fused-ring (bicyclic) bond motifs is 1. The molecule has 0 amide bonds. The first-order valence-corrected chi connectivity index (χ1v) is 4.83. The average Bonchev–Trinajstić information content (AvgIpc) is 2.23. The van der Waals surface area contributed by atoms with E-state index in [4.69, 9.17) is 28.3 Å². The number of hydrogen-bond donors (Lipinski definition) is 1. The quantitative estimate of drug-likeness (QED) is 0.834. The first-order chi connectivity index (χ1) is 7.09. The van der Waals surface area contributed by atoms with Gasteiger partial charge < -0.3 is 5.11 Å². The Labute approximate surface area is 95.3 Å². The molecule has 0 fully saturated rings. The first kappa shape index (κ1) is 10.2. The van der Waals surface area contributed by atoms with E-state index in [1.807, 2.05) is 0 Å². The molecule has 0 aliphatic rings. The van der Waals surface area contributed by atoms with Crippen LogP contribution in [0.25, 0.3) is 10.9 Å². The summed E-state index contributed by atoms with van der Waals surface area (Å²) in [5, 5.41) is 10.3. The molecule has 1 aromatic heterocycles. The van der Waals surface area contributed by atoms with Crippen LogP contribution in [0.4, 0.5) is 0 Å². The van der Waals surface area contributed by atoms with Crippen LogP contribution in [0.3, 0.4) is 0 Å². The molecule has 0 aliphatic carbocycles. The normalized spacial score (nSPS) is 10.5. The standard InChI is InChI=1S/C10H5Cl2NO2/c11-6-2-3-7(12)9-5(6)1-4-8(13-9)10(14)15/h1-4H,(H,14,15). The molecule has 0 atom stereocenters. The maximum absolute atomic E-state index is 10.7. The molecule has 0 radical (unpaired) electrons. The van der Waals surface area contributed by atoms with Crippen molar-refractivity contribution >= 4 is 40.1 Å². The summed E-state index contributed by atoms with van der Waals surface area (Å²) >= 11 is 11.8. The predicted octanol–water partition coefficient (Wildman–Crippen LogP) is 3.24. The van der Waals surface area contributed by atoms with Crippen molar-refractivity contribution in [2.24, 2.45) is 0 Å². The zero-order valence-electron chi connectivity index (χ0n) is 7.37. The Morgan fingerprint density at radius 1 is 1.13 bits per heavy atom. The molecule has 0 spiro atoms. The summed E-state index contributed by atoms with van der Waals surface area (Å²) in [6.45, 7) is 0. The van der Waals surface area contributed by atoms with Gasteiger partial charge in [0.05, 0.1) is 15.6 Å². The second-order valence-electron chi connectivity index (χ2n) is 2.93. The van der Waals surface area contributed by atoms with Crippen molar-refractivity contribution in [3.05, 3.63) is 40.0 Å². The third kappa shape index (κ3) is 1.76. The molecule has 76 valence electrons. The van der Waals surface area contributed by atoms with Crippen molar-refractivity contribution in [2.75, 3.05) is 0 Å². The van der Waals surface area contributed by atoms with Crippen LogP contribution in [-0.2, 0) is 0 Å². The summed E-state index contributed by atoms with van der Waals surface area (Å²) < 4.78 is 0. The van der Waals surface area contributed by atoms with E-state index in [0.29, 0.717) is 20.9 Å². The number of carboxylic acids is 1. The lowest BCUT2D eigenvalue weighted by Gasteiger charge is -2.02. The van der Waals surface area contributed by atoms with Gasteiger partial charge in [-0.2, -0.15) is 0 Å². The lowest BCUT2D eigenvalue weighted by atomic mass is 10.2. The Hall–Kier alpha value is -1.32. The molecule has 1 N–H and O–H groups in total. The number of benzene rings is 1. The van der Waals surface area contributed by atoms with Crippen LogP contribution in [0.1, 0.15) is 10.5 Å². The number of rotatable bonds is 1. The number of aromatic carboxylic acids is 1. The van der Waals surface area contributed by atoms with Crippen LogP contribution in [0.2, 0.25) is 10.0 Å². The van der Waals surface area contributed by atoms with Crippen molar-refractivity contribution in [1.82, 2.24) is 4.98 Å². The van der Waals surface area contributed by atoms with Crippen molar-refractivity contribution in [3.63, 3.8) is 0 Å². The molecule has 3 nitrogen and oxygen atoms in total. The monoisotopic (exact) mass is 241 g/mol. The molecule has 0 bridgehead atoms. The van der Waals surface area contributed by atoms with E-state index in [1.54, 1.807) is 18.2 Å². The van der Waals surface area contributed by atoms with Gasteiger partial charge in [0.2, 0.25) is 0 Å². The predicted molar refractivity (Wildman–Crippen MR) is 58.7 cm³/mol. The van der Waals surface area contributed by atoms with Gasteiger partial charge in [0.15, 0.2) is 0 Å². The second kappa shape index (κ2) is 3.68. The molecule has 2 aromatic rings. The number of carbonyl (C=O) groups is 1. The largest absolute Gasteiger partial charge is 0.477 e. The van der Waals surface area contributed by atoms with Gasteiger partial charge in [-0.25, -0.2) is 9.78 Å². The molecular formula is C10H5Cl2NO2. The minimum atomic E-state index is -1.09. The van der Waals surface area contributed by atoms with Crippen LogP contribution in [-0.4, -0.2) is 16.1 Å². The molecule has 0 saturated heterocycles. The highest BCUT2D eigenvalue weighted by atomic mass is 35.5. The molecule has 15 heavy (non-hydrogen) atoms. The Kier molecular flexibility index (Phi) is 2.50. The van der Waals surface area contributed by atoms with Gasteiger partial charge in [-0.05, 0) is 24.3 Å². The van der Waals surface area contributed by atoms with Crippen LogP contribution < -0.4 is 0 Å². The minimum Gasteiger partial charge on any atom is -0.477 e. The first-order valence-electron chi connectivity index (χ1n) is 4.07. The molecular weight excluding hydrogens is 237 g/mol. The zero-order valence-corrected chi connectivity index (χ0v) is 8.88. The van der Waals surface area contributed by atoms with Gasteiger partial charge in [-0.15, -0.1) is 0 Å². The number of carboxylic acid groups (broad SMARTS) is 1. The van der Waals surface area contributed by atoms with E-state index in [2.05, 4.69) is 4.98 Å². The van der Waals surface area contributed by atoms with Gasteiger partial charge in [-0.3, -0.25) is 0 Å². The SMILES string of the molecule is O=C(O)c1ccc2c(Cl)ccc(Cl)c2n1. The highest BCUT2D eigenvalue weighted by molar-refractivity contribution is 6.39. The maximum Gasteiger partial charge on any atom is 0.354 e. The summed E-state index contributed by atoms with van der Waals surface area (Å²) in [5.74, 6) is -1.09. The van der Waals surface area contributed by atoms with E-state index in [0.717, 1.165) is 0 Å². The molecule has 5 heteroatoms. The van der Waals surface area contributed by atoms with Crippen molar-refractivity contribution < 1.29 is 9.90 Å². The molecule has 1 heterocycles. The fourth-order valence-electron chi connectivity index (χ4n) is 1.27. The Morgan fingerprint density at radius 2 is 1.80 bits per heavy atom. The van der Waals surface area contributed by atoms with Crippen LogP contribution in [0.5, 0.6) is 0 Å². The van der Waals surface area contributed by atoms with E-state index >= 15 is 0 Å². The fraction of sp³-hybridized carbons (Fsp3) is 0. The van der Waals surface area contributed by atoms with Gasteiger partial charge in [-0.1, -0.05) is 23.2 Å². The Bertz CT molecular complexity index is 554. The smallest absolute Gasteiger partial charge is 0.354 e. The lowest BCUT2D eigenvalue weighted by Crippen LogP contribution is -1.99. The lowest BCUT2D eigenvalue weighted by molar-refractivity contribution is 0.0691. The van der Waals surface area contributed by atoms with Crippen LogP contribution in [0.15, 0.2) is 24.3 Å². The van der Waals surface area contributed by atoms with Crippen molar-refractivity contribution in [2.45, 2.75) is 0 Å². The summed E-state index contributed by atoms with van der Waals surface area (Å²) in [4.78, 5) is 14.6. The van der Waals surface area contributed by atoms with E-state index < -0.39 is 5.97 Å². The fourth-order valence-corrected chi connectivity index (χ4v) is 1.69. The molecule has 0 unspecified atom stereocenters. The summed E-state index contributed by atoms with van der Waals surface area (Å²) in [6, 6.07) is 6.23. The topological polar surface area (TPSA) is 50.2 Å². The van der Waals surface area contributed by atoms with E-state index in [-0.39, 0.29) is 5.69 Å². The number of pyridine rings is 1. The number of hydrogen-bond acceptors (Lipinski definition) is 2. The second-order valence-corrected chi connectivity index (χ2v) is 3.74. The summed E-state index contributed by atoms with van der Waals surface area (Å²) in [5.41, 5.74) is 0.357. The Balaban J connectivity index is 2.81. The number of nitrogens with zero attached hydrogens (tertiary/aromatic N) is 1. The van der Waals surface area contributed by atoms with Crippen molar-refractivity contribution in [3.8, 4) is 0 Å². The number of halogens is 2. The molecule has 0 aliphatic heterocycles. The Morgan fingerprint density at radius 3 is 2.47 bits per heavy atom. The molecule has 2 rings (SSSR count). The van der Waals surface area contributed by atoms with Crippen molar-refractivity contribution in [1.29, 1.82) is 0 Å². The van der Waals surface area contributed by atoms with E-state index in [1.165, 1.54) is 6.07 Å². The highest BCUT2D eigenvalue weighted by Crippen LogP contribution is 2.28. The molecule has 0 saturated carbocycles. The third-order valence-electron chi connectivity index (χ3n) is 1.97. The summed E-state index contributed by atoms with van der Waals surface area (Å²) in [6.07, 6.45) is 0. The van der Waals surface area contributed by atoms with Crippen LogP contribution in [0, 0.1) is 0 Å². The van der Waals surface area contributed by atoms with Crippen LogP contribution >= 0.6 is 23.2 Å². The van der Waals surface area contributed by atoms with Gasteiger partial charge >= 0.3 is 5.97 Å². The van der Waals surface area contributed by atoms with E-state index in [9.17, 15) is 4.79 Å². The highest BCUT2D eigenvalue weighted by Gasteiger charge is 2.09. The summed E-state index contributed by atoms with van der Waals surface area (Å²) in [7, 11) is 0. The average molecular weight is 242 g/mol. The third-order valence-corrected chi connectivity index (χ3v) is 2.61. The number of aromatic nitrogens is 1. The maximum atomic E-state index is 10.7. The van der Waals surface area contributed by atoms with Gasteiger partial charge in [0.1, 0.15) is 5.69 Å². The van der Waals surface area contributed by atoms with Gasteiger partial charge in [0.25, 0.3) is 0 Å².